The van der Waals surface area contributed by atoms with Crippen LogP contribution in [0.15, 0.2) is 36.5 Å². The van der Waals surface area contributed by atoms with Gasteiger partial charge in [0.05, 0.1) is 10.5 Å². The molecule has 2 aromatic rings. The quantitative estimate of drug-likeness (QED) is 0.631. The lowest BCUT2D eigenvalue weighted by atomic mass is 9.96. The third-order valence-corrected chi connectivity index (χ3v) is 5.04. The van der Waals surface area contributed by atoms with Crippen LogP contribution in [0.5, 0.6) is 0 Å². The molecule has 0 aliphatic carbocycles. The third-order valence-electron chi connectivity index (χ3n) is 5.04. The highest BCUT2D eigenvalue weighted by atomic mass is 16.6. The average Bonchev–Trinajstić information content (AvgIpc) is 2.72. The van der Waals surface area contributed by atoms with Gasteiger partial charge < -0.3 is 10.2 Å². The number of hydrogen-bond acceptors (Lipinski definition) is 6. The Morgan fingerprint density at radius 2 is 2.14 bits per heavy atom. The number of hydrogen-bond donors (Lipinski definition) is 1. The minimum atomic E-state index is -0.477. The molecular formula is C20H21N5O3. The van der Waals surface area contributed by atoms with Crippen molar-refractivity contribution in [2.45, 2.75) is 19.8 Å². The number of piperidine rings is 1. The van der Waals surface area contributed by atoms with E-state index in [4.69, 9.17) is 0 Å². The lowest BCUT2D eigenvalue weighted by Crippen LogP contribution is -2.39. The van der Waals surface area contributed by atoms with Gasteiger partial charge >= 0.3 is 0 Å². The predicted molar refractivity (Wildman–Crippen MR) is 104 cm³/mol. The summed E-state index contributed by atoms with van der Waals surface area (Å²) >= 11 is 0. The van der Waals surface area contributed by atoms with E-state index in [2.05, 4.69) is 21.3 Å². The molecule has 0 atom stereocenters. The molecule has 1 amide bonds. The number of aryl methyl sites for hydroxylation is 1. The summed E-state index contributed by atoms with van der Waals surface area (Å²) in [6.45, 7) is 3.69. The highest BCUT2D eigenvalue weighted by molar-refractivity contribution is 5.95. The maximum atomic E-state index is 12.4. The zero-order valence-corrected chi connectivity index (χ0v) is 15.6. The molecule has 1 aromatic carbocycles. The summed E-state index contributed by atoms with van der Waals surface area (Å²) < 4.78 is 0. The summed E-state index contributed by atoms with van der Waals surface area (Å²) in [6.07, 6.45) is 3.43. The Balaban J connectivity index is 1.54. The standard InChI is InChI=1S/C20H21N5O3/c1-14-4-5-16(11-18(14)25(27)28)20(26)23-13-15-6-9-24(10-7-15)19-17(12-21)3-2-8-22-19/h2-5,8,11,15H,6-7,9-10,13H2,1H3,(H,23,26). The second-order valence-corrected chi connectivity index (χ2v) is 6.89. The fourth-order valence-electron chi connectivity index (χ4n) is 3.37. The fraction of sp³-hybridized carbons (Fsp3) is 0.350. The van der Waals surface area contributed by atoms with E-state index >= 15 is 0 Å². The number of rotatable bonds is 5. The largest absolute Gasteiger partial charge is 0.356 e. The van der Waals surface area contributed by atoms with Crippen molar-refractivity contribution in [3.8, 4) is 6.07 Å². The molecule has 144 valence electrons. The van der Waals surface area contributed by atoms with E-state index in [0.29, 0.717) is 35.0 Å². The van der Waals surface area contributed by atoms with Gasteiger partial charge in [-0.05, 0) is 43.9 Å². The number of carbonyl (C=O) groups excluding carboxylic acids is 1. The number of nitro benzene ring substituents is 1. The Bertz CT molecular complexity index is 930. The lowest BCUT2D eigenvalue weighted by Gasteiger charge is -2.33. The number of nitriles is 1. The van der Waals surface area contributed by atoms with Crippen molar-refractivity contribution in [3.63, 3.8) is 0 Å². The summed E-state index contributed by atoms with van der Waals surface area (Å²) in [4.78, 5) is 29.3. The number of aromatic nitrogens is 1. The molecule has 0 radical (unpaired) electrons. The van der Waals surface area contributed by atoms with Gasteiger partial charge in [-0.1, -0.05) is 6.07 Å². The minimum absolute atomic E-state index is 0.0513. The van der Waals surface area contributed by atoms with Crippen LogP contribution in [0.2, 0.25) is 0 Å². The van der Waals surface area contributed by atoms with Gasteiger partial charge in [0.15, 0.2) is 0 Å². The normalized spacial score (nSPS) is 14.4. The van der Waals surface area contributed by atoms with Gasteiger partial charge in [-0.2, -0.15) is 5.26 Å². The number of amides is 1. The van der Waals surface area contributed by atoms with Crippen LogP contribution in [0.25, 0.3) is 0 Å². The molecule has 0 saturated carbocycles. The zero-order valence-electron chi connectivity index (χ0n) is 15.6. The van der Waals surface area contributed by atoms with Crippen molar-refractivity contribution in [3.05, 3.63) is 63.3 Å². The molecule has 3 rings (SSSR count). The first-order valence-electron chi connectivity index (χ1n) is 9.13. The molecule has 2 heterocycles. The van der Waals surface area contributed by atoms with Gasteiger partial charge in [-0.3, -0.25) is 14.9 Å². The Morgan fingerprint density at radius 1 is 1.39 bits per heavy atom. The average molecular weight is 379 g/mol. The molecule has 0 bridgehead atoms. The first-order valence-corrected chi connectivity index (χ1v) is 9.13. The zero-order chi connectivity index (χ0) is 20.1. The van der Waals surface area contributed by atoms with E-state index in [1.54, 1.807) is 37.4 Å². The smallest absolute Gasteiger partial charge is 0.273 e. The second kappa shape index (κ2) is 8.48. The Morgan fingerprint density at radius 3 is 2.82 bits per heavy atom. The molecule has 1 aromatic heterocycles. The molecule has 1 saturated heterocycles. The summed E-state index contributed by atoms with van der Waals surface area (Å²) in [5, 5.41) is 23.1. The Kier molecular flexibility index (Phi) is 5.84. The molecule has 28 heavy (non-hydrogen) atoms. The molecule has 1 aliphatic rings. The van der Waals surface area contributed by atoms with Crippen LogP contribution in [0, 0.1) is 34.3 Å². The molecule has 8 nitrogen and oxygen atoms in total. The predicted octanol–water partition coefficient (Wildman–Crippen LogP) is 2.82. The van der Waals surface area contributed by atoms with Gasteiger partial charge in [-0.15, -0.1) is 0 Å². The third kappa shape index (κ3) is 4.26. The van der Waals surface area contributed by atoms with Gasteiger partial charge in [-0.25, -0.2) is 4.98 Å². The van der Waals surface area contributed by atoms with E-state index in [0.717, 1.165) is 25.9 Å². The molecule has 0 spiro atoms. The maximum absolute atomic E-state index is 12.4. The van der Waals surface area contributed by atoms with Crippen LogP contribution < -0.4 is 10.2 Å². The van der Waals surface area contributed by atoms with E-state index in [1.165, 1.54) is 6.07 Å². The van der Waals surface area contributed by atoms with Crippen LogP contribution in [0.4, 0.5) is 11.5 Å². The van der Waals surface area contributed by atoms with Crippen molar-refractivity contribution in [1.82, 2.24) is 10.3 Å². The highest BCUT2D eigenvalue weighted by Crippen LogP contribution is 2.24. The van der Waals surface area contributed by atoms with Crippen LogP contribution in [0.1, 0.15) is 34.3 Å². The summed E-state index contributed by atoms with van der Waals surface area (Å²) in [5.41, 5.74) is 1.34. The molecule has 0 unspecified atom stereocenters. The second-order valence-electron chi connectivity index (χ2n) is 6.89. The first kappa shape index (κ1) is 19.3. The Labute approximate surface area is 163 Å². The highest BCUT2D eigenvalue weighted by Gasteiger charge is 2.23. The van der Waals surface area contributed by atoms with Gasteiger partial charge in [0.1, 0.15) is 11.9 Å². The van der Waals surface area contributed by atoms with E-state index in [1.807, 2.05) is 0 Å². The van der Waals surface area contributed by atoms with Crippen molar-refractivity contribution in [2.75, 3.05) is 24.5 Å². The number of anilines is 1. The molecule has 8 heteroatoms. The maximum Gasteiger partial charge on any atom is 0.273 e. The van der Waals surface area contributed by atoms with Crippen LogP contribution in [-0.4, -0.2) is 35.4 Å². The number of carbonyl (C=O) groups is 1. The number of nitrogens with zero attached hydrogens (tertiary/aromatic N) is 4. The van der Waals surface area contributed by atoms with Crippen LogP contribution >= 0.6 is 0 Å². The summed E-state index contributed by atoms with van der Waals surface area (Å²) in [7, 11) is 0. The summed E-state index contributed by atoms with van der Waals surface area (Å²) in [6, 6.07) is 10.2. The van der Waals surface area contributed by atoms with Crippen molar-refractivity contribution in [2.24, 2.45) is 5.92 Å². The van der Waals surface area contributed by atoms with Crippen LogP contribution in [-0.2, 0) is 0 Å². The minimum Gasteiger partial charge on any atom is -0.356 e. The van der Waals surface area contributed by atoms with Gasteiger partial charge in [0.25, 0.3) is 11.6 Å². The summed E-state index contributed by atoms with van der Waals surface area (Å²) in [5.74, 6) is 0.719. The fourth-order valence-corrected chi connectivity index (χ4v) is 3.37. The van der Waals surface area contributed by atoms with E-state index < -0.39 is 4.92 Å². The monoisotopic (exact) mass is 379 g/mol. The van der Waals surface area contributed by atoms with Crippen molar-refractivity contribution in [1.29, 1.82) is 5.26 Å². The topological polar surface area (TPSA) is 112 Å². The molecule has 1 aliphatic heterocycles. The van der Waals surface area contributed by atoms with Crippen molar-refractivity contribution >= 4 is 17.4 Å². The molecule has 1 fully saturated rings. The molecular weight excluding hydrogens is 358 g/mol. The van der Waals surface area contributed by atoms with Crippen LogP contribution in [0.3, 0.4) is 0 Å². The van der Waals surface area contributed by atoms with Gasteiger partial charge in [0, 0.05) is 43.0 Å². The number of nitro groups is 1. The lowest BCUT2D eigenvalue weighted by molar-refractivity contribution is -0.385. The number of nitrogens with one attached hydrogen (secondary N) is 1. The molecule has 1 N–H and O–H groups in total. The SMILES string of the molecule is Cc1ccc(C(=O)NCC2CCN(c3ncccc3C#N)CC2)cc1[N+](=O)[O-]. The van der Waals surface area contributed by atoms with E-state index in [9.17, 15) is 20.2 Å². The van der Waals surface area contributed by atoms with Crippen molar-refractivity contribution < 1.29 is 9.72 Å². The Hall–Kier alpha value is -3.47. The number of pyridine rings is 1. The number of benzene rings is 1. The van der Waals surface area contributed by atoms with Gasteiger partial charge in [0.2, 0.25) is 0 Å². The first-order chi connectivity index (χ1) is 13.5. The van der Waals surface area contributed by atoms with E-state index in [-0.39, 0.29) is 11.6 Å².